The largest absolute Gasteiger partial charge is 0.341 e. The Morgan fingerprint density at radius 1 is 1.24 bits per heavy atom. The number of hydrogen-bond donors (Lipinski definition) is 0. The lowest BCUT2D eigenvalue weighted by Crippen LogP contribution is -2.31. The molecule has 1 aliphatic heterocycles. The van der Waals surface area contributed by atoms with Gasteiger partial charge in [-0.1, -0.05) is 42.1 Å². The third kappa shape index (κ3) is 3.10. The maximum Gasteiger partial charge on any atom is 0.240 e. The molecule has 5 nitrogen and oxygen atoms in total. The molecule has 0 saturated carbocycles. The fraction of sp³-hybridized carbons (Fsp3) is 0.400. The lowest BCUT2D eigenvalue weighted by atomic mass is 10.1. The Morgan fingerprint density at radius 2 is 1.95 bits per heavy atom. The fourth-order valence-corrected chi connectivity index (χ4v) is 3.54. The maximum atomic E-state index is 12.8. The van der Waals surface area contributed by atoms with E-state index in [1.807, 2.05) is 46.8 Å². The van der Waals surface area contributed by atoms with Gasteiger partial charge >= 0.3 is 0 Å². The molecule has 1 aromatic carbocycles. The maximum absolute atomic E-state index is 12.8. The molecule has 21 heavy (non-hydrogen) atoms. The van der Waals surface area contributed by atoms with Crippen molar-refractivity contribution in [2.45, 2.75) is 23.2 Å². The van der Waals surface area contributed by atoms with Gasteiger partial charge in [-0.3, -0.25) is 4.79 Å². The third-order valence-corrected chi connectivity index (χ3v) is 4.93. The molecule has 1 aromatic heterocycles. The van der Waals surface area contributed by atoms with E-state index in [9.17, 15) is 4.79 Å². The van der Waals surface area contributed by atoms with E-state index in [-0.39, 0.29) is 11.2 Å². The summed E-state index contributed by atoms with van der Waals surface area (Å²) in [7, 11) is 1.89. The third-order valence-electron chi connectivity index (χ3n) is 3.64. The van der Waals surface area contributed by atoms with Crippen LogP contribution in [0.4, 0.5) is 0 Å². The van der Waals surface area contributed by atoms with Crippen LogP contribution < -0.4 is 0 Å². The minimum atomic E-state index is -0.257. The first-order valence-corrected chi connectivity index (χ1v) is 7.98. The Hall–Kier alpha value is -1.82. The van der Waals surface area contributed by atoms with Crippen molar-refractivity contribution in [2.24, 2.45) is 7.05 Å². The second-order valence-electron chi connectivity index (χ2n) is 5.17. The van der Waals surface area contributed by atoms with Crippen LogP contribution in [-0.2, 0) is 11.8 Å². The van der Waals surface area contributed by atoms with E-state index in [1.54, 1.807) is 6.33 Å². The number of rotatable bonds is 4. The zero-order valence-electron chi connectivity index (χ0n) is 12.0. The van der Waals surface area contributed by atoms with Crippen LogP contribution in [0.1, 0.15) is 23.7 Å². The van der Waals surface area contributed by atoms with Gasteiger partial charge in [0.1, 0.15) is 11.6 Å². The van der Waals surface area contributed by atoms with Gasteiger partial charge in [-0.05, 0) is 18.4 Å². The first kappa shape index (κ1) is 14.1. The van der Waals surface area contributed by atoms with Crippen molar-refractivity contribution in [2.75, 3.05) is 13.1 Å². The standard InChI is InChI=1S/C15H18N4OS/c1-18-11-16-17-15(18)21-13(12-7-3-2-4-8-12)14(20)19-9-5-6-10-19/h2-4,7-8,11,13H,5-6,9-10H2,1H3. The van der Waals surface area contributed by atoms with Gasteiger partial charge in [-0.25, -0.2) is 0 Å². The van der Waals surface area contributed by atoms with Crippen molar-refractivity contribution in [3.8, 4) is 0 Å². The van der Waals surface area contributed by atoms with Crippen LogP contribution in [-0.4, -0.2) is 38.7 Å². The quantitative estimate of drug-likeness (QED) is 0.813. The SMILES string of the molecule is Cn1cnnc1SC(C(=O)N1CCCC1)c1ccccc1. The highest BCUT2D eigenvalue weighted by Gasteiger charge is 2.29. The molecule has 1 fully saturated rings. The van der Waals surface area contributed by atoms with Crippen molar-refractivity contribution >= 4 is 17.7 Å². The molecule has 0 N–H and O–H groups in total. The molecule has 2 heterocycles. The molecule has 2 aromatic rings. The molecule has 1 aliphatic rings. The number of aromatic nitrogens is 3. The molecular formula is C15H18N4OS. The van der Waals surface area contributed by atoms with Crippen LogP contribution in [0.25, 0.3) is 0 Å². The number of hydrogen-bond acceptors (Lipinski definition) is 4. The second-order valence-corrected chi connectivity index (χ2v) is 6.24. The van der Waals surface area contributed by atoms with Gasteiger partial charge in [0.25, 0.3) is 0 Å². The minimum Gasteiger partial charge on any atom is -0.341 e. The number of aryl methyl sites for hydroxylation is 1. The first-order chi connectivity index (χ1) is 10.3. The molecule has 0 bridgehead atoms. The van der Waals surface area contributed by atoms with Gasteiger partial charge in [0.2, 0.25) is 5.91 Å². The van der Waals surface area contributed by atoms with Gasteiger partial charge in [0.05, 0.1) is 0 Å². The van der Waals surface area contributed by atoms with E-state index in [0.29, 0.717) is 0 Å². The Kier molecular flexibility index (Phi) is 4.24. The highest BCUT2D eigenvalue weighted by molar-refractivity contribution is 8.00. The summed E-state index contributed by atoms with van der Waals surface area (Å²) in [4.78, 5) is 14.8. The summed E-state index contributed by atoms with van der Waals surface area (Å²) >= 11 is 1.47. The molecule has 110 valence electrons. The highest BCUT2D eigenvalue weighted by atomic mass is 32.2. The zero-order chi connectivity index (χ0) is 14.7. The van der Waals surface area contributed by atoms with Crippen molar-refractivity contribution in [3.05, 3.63) is 42.2 Å². The highest BCUT2D eigenvalue weighted by Crippen LogP contribution is 2.36. The summed E-state index contributed by atoms with van der Waals surface area (Å²) in [5.41, 5.74) is 1.02. The van der Waals surface area contributed by atoms with Crippen LogP contribution in [0, 0.1) is 0 Å². The molecule has 0 radical (unpaired) electrons. The van der Waals surface area contributed by atoms with Gasteiger partial charge in [-0.2, -0.15) is 0 Å². The molecule has 3 rings (SSSR count). The normalized spacial score (nSPS) is 16.1. The van der Waals surface area contributed by atoms with Gasteiger partial charge < -0.3 is 9.47 Å². The monoisotopic (exact) mass is 302 g/mol. The van der Waals surface area contributed by atoms with Crippen LogP contribution in [0.3, 0.4) is 0 Å². The summed E-state index contributed by atoms with van der Waals surface area (Å²) in [6, 6.07) is 9.91. The Morgan fingerprint density at radius 3 is 2.57 bits per heavy atom. The van der Waals surface area contributed by atoms with E-state index in [4.69, 9.17) is 0 Å². The molecular weight excluding hydrogens is 284 g/mol. The summed E-state index contributed by atoms with van der Waals surface area (Å²) in [5, 5.41) is 8.49. The fourth-order valence-electron chi connectivity index (χ4n) is 2.48. The minimum absolute atomic E-state index is 0.173. The van der Waals surface area contributed by atoms with E-state index >= 15 is 0 Å². The van der Waals surface area contributed by atoms with Gasteiger partial charge in [0, 0.05) is 20.1 Å². The number of nitrogens with zero attached hydrogens (tertiary/aromatic N) is 4. The van der Waals surface area contributed by atoms with E-state index < -0.39 is 0 Å². The molecule has 0 aliphatic carbocycles. The predicted molar refractivity (Wildman–Crippen MR) is 81.9 cm³/mol. The number of benzene rings is 1. The lowest BCUT2D eigenvalue weighted by Gasteiger charge is -2.22. The van der Waals surface area contributed by atoms with Crippen LogP contribution in [0.15, 0.2) is 41.8 Å². The van der Waals surface area contributed by atoms with Crippen molar-refractivity contribution in [3.63, 3.8) is 0 Å². The Labute approximate surface area is 128 Å². The molecule has 1 unspecified atom stereocenters. The lowest BCUT2D eigenvalue weighted by molar-refractivity contribution is -0.129. The summed E-state index contributed by atoms with van der Waals surface area (Å²) in [5.74, 6) is 0.173. The number of thioether (sulfide) groups is 1. The van der Waals surface area contributed by atoms with Gasteiger partial charge in [0.15, 0.2) is 5.16 Å². The number of carbonyl (C=O) groups is 1. The van der Waals surface area contributed by atoms with E-state index in [2.05, 4.69) is 10.2 Å². The average molecular weight is 302 g/mol. The van der Waals surface area contributed by atoms with Crippen molar-refractivity contribution in [1.29, 1.82) is 0 Å². The topological polar surface area (TPSA) is 51.0 Å². The van der Waals surface area contributed by atoms with Crippen LogP contribution >= 0.6 is 11.8 Å². The van der Waals surface area contributed by atoms with Crippen molar-refractivity contribution < 1.29 is 4.79 Å². The number of carbonyl (C=O) groups excluding carboxylic acids is 1. The molecule has 1 saturated heterocycles. The van der Waals surface area contributed by atoms with E-state index in [0.717, 1.165) is 36.7 Å². The van der Waals surface area contributed by atoms with Crippen LogP contribution in [0.2, 0.25) is 0 Å². The first-order valence-electron chi connectivity index (χ1n) is 7.10. The summed E-state index contributed by atoms with van der Waals surface area (Å²) in [6.45, 7) is 1.73. The number of likely N-dealkylation sites (tertiary alicyclic amines) is 1. The molecule has 1 amide bonds. The summed E-state index contributed by atoms with van der Waals surface area (Å²) in [6.07, 6.45) is 3.86. The average Bonchev–Trinajstić information content (AvgIpc) is 3.17. The smallest absolute Gasteiger partial charge is 0.240 e. The van der Waals surface area contributed by atoms with Gasteiger partial charge in [-0.15, -0.1) is 10.2 Å². The Bertz CT molecular complexity index is 607. The predicted octanol–water partition coefficient (Wildman–Crippen LogP) is 2.27. The second kappa shape index (κ2) is 6.30. The molecule has 0 spiro atoms. The molecule has 1 atom stereocenters. The molecule has 6 heteroatoms. The Balaban J connectivity index is 1.87. The zero-order valence-corrected chi connectivity index (χ0v) is 12.8. The summed E-state index contributed by atoms with van der Waals surface area (Å²) < 4.78 is 1.85. The van der Waals surface area contributed by atoms with Crippen LogP contribution in [0.5, 0.6) is 0 Å². The van der Waals surface area contributed by atoms with E-state index in [1.165, 1.54) is 11.8 Å². The number of amides is 1. The van der Waals surface area contributed by atoms with Crippen molar-refractivity contribution in [1.82, 2.24) is 19.7 Å².